The average molecular weight is 366 g/mol. The van der Waals surface area contributed by atoms with Crippen molar-refractivity contribution in [3.8, 4) is 0 Å². The second-order valence-corrected chi connectivity index (χ2v) is 7.08. The molecule has 0 atom stereocenters. The maximum atomic E-state index is 12.0. The van der Waals surface area contributed by atoms with Crippen LogP contribution < -0.4 is 4.90 Å². The zero-order valence-electron chi connectivity index (χ0n) is 13.6. The number of benzene rings is 1. The summed E-state index contributed by atoms with van der Waals surface area (Å²) in [6.45, 7) is 6.52. The smallest absolute Gasteiger partial charge is 0.333 e. The number of carbonyl (C=O) groups is 1. The van der Waals surface area contributed by atoms with E-state index >= 15 is 0 Å². The van der Waals surface area contributed by atoms with Crippen LogP contribution in [0.4, 0.5) is 5.69 Å². The SMILES string of the molecule is COC(=O)C1=Cc2cc(Br)ccc2N(CC(C)C)CCCC1. The lowest BCUT2D eigenvalue weighted by atomic mass is 10.0. The van der Waals surface area contributed by atoms with Crippen molar-refractivity contribution in [2.24, 2.45) is 5.92 Å². The van der Waals surface area contributed by atoms with Crippen LogP contribution in [0.3, 0.4) is 0 Å². The number of fused-ring (bicyclic) bond motifs is 1. The Balaban J connectivity index is 2.47. The van der Waals surface area contributed by atoms with Crippen molar-refractivity contribution >= 4 is 33.7 Å². The summed E-state index contributed by atoms with van der Waals surface area (Å²) < 4.78 is 5.95. The van der Waals surface area contributed by atoms with E-state index in [-0.39, 0.29) is 5.97 Å². The number of methoxy groups -OCH3 is 1. The fraction of sp³-hybridized carbons (Fsp3) is 0.500. The van der Waals surface area contributed by atoms with E-state index in [1.807, 2.05) is 6.08 Å². The molecule has 0 bridgehead atoms. The maximum Gasteiger partial charge on any atom is 0.333 e. The number of hydrogen-bond donors (Lipinski definition) is 0. The molecule has 1 aliphatic heterocycles. The fourth-order valence-electron chi connectivity index (χ4n) is 2.85. The number of rotatable bonds is 3. The summed E-state index contributed by atoms with van der Waals surface area (Å²) >= 11 is 3.54. The molecule has 0 spiro atoms. The monoisotopic (exact) mass is 365 g/mol. The van der Waals surface area contributed by atoms with Gasteiger partial charge in [0.25, 0.3) is 0 Å². The van der Waals surface area contributed by atoms with Crippen molar-refractivity contribution < 1.29 is 9.53 Å². The van der Waals surface area contributed by atoms with E-state index in [2.05, 4.69) is 52.9 Å². The van der Waals surface area contributed by atoms with Crippen LogP contribution in [0.5, 0.6) is 0 Å². The second-order valence-electron chi connectivity index (χ2n) is 6.16. The lowest BCUT2D eigenvalue weighted by Crippen LogP contribution is -2.29. The Kier molecular flexibility index (Phi) is 6.07. The van der Waals surface area contributed by atoms with Crippen LogP contribution in [0.1, 0.15) is 38.7 Å². The minimum atomic E-state index is -0.219. The second kappa shape index (κ2) is 7.82. The topological polar surface area (TPSA) is 29.5 Å². The molecule has 1 aromatic rings. The Morgan fingerprint density at radius 3 is 2.82 bits per heavy atom. The van der Waals surface area contributed by atoms with Gasteiger partial charge >= 0.3 is 5.97 Å². The lowest BCUT2D eigenvalue weighted by molar-refractivity contribution is -0.136. The van der Waals surface area contributed by atoms with Crippen molar-refractivity contribution in [3.05, 3.63) is 33.8 Å². The first-order valence-corrected chi connectivity index (χ1v) is 8.64. The van der Waals surface area contributed by atoms with E-state index in [4.69, 9.17) is 4.74 Å². The van der Waals surface area contributed by atoms with Crippen LogP contribution in [0.2, 0.25) is 0 Å². The van der Waals surface area contributed by atoms with E-state index in [0.29, 0.717) is 5.92 Å². The minimum absolute atomic E-state index is 0.219. The van der Waals surface area contributed by atoms with Crippen molar-refractivity contribution in [1.82, 2.24) is 0 Å². The first-order valence-electron chi connectivity index (χ1n) is 7.84. The highest BCUT2D eigenvalue weighted by Crippen LogP contribution is 2.30. The molecule has 1 heterocycles. The molecule has 0 unspecified atom stereocenters. The van der Waals surface area contributed by atoms with Crippen LogP contribution in [0, 0.1) is 5.92 Å². The average Bonchev–Trinajstić information content (AvgIpc) is 2.55. The summed E-state index contributed by atoms with van der Waals surface area (Å²) in [4.78, 5) is 14.4. The van der Waals surface area contributed by atoms with E-state index in [9.17, 15) is 4.79 Å². The highest BCUT2D eigenvalue weighted by Gasteiger charge is 2.17. The van der Waals surface area contributed by atoms with Gasteiger partial charge in [-0.15, -0.1) is 0 Å². The van der Waals surface area contributed by atoms with Crippen molar-refractivity contribution in [3.63, 3.8) is 0 Å². The zero-order valence-corrected chi connectivity index (χ0v) is 15.1. The van der Waals surface area contributed by atoms with Gasteiger partial charge in [0.1, 0.15) is 0 Å². The molecule has 0 aliphatic carbocycles. The van der Waals surface area contributed by atoms with Gasteiger partial charge in [0, 0.05) is 28.8 Å². The van der Waals surface area contributed by atoms with Crippen molar-refractivity contribution in [2.75, 3.05) is 25.1 Å². The van der Waals surface area contributed by atoms with Gasteiger partial charge in [-0.05, 0) is 55.0 Å². The van der Waals surface area contributed by atoms with Crippen LogP contribution in [-0.4, -0.2) is 26.2 Å². The molecule has 0 N–H and O–H groups in total. The molecule has 0 aromatic heterocycles. The van der Waals surface area contributed by atoms with Gasteiger partial charge in [0.15, 0.2) is 0 Å². The van der Waals surface area contributed by atoms with E-state index in [1.165, 1.54) is 12.8 Å². The third kappa shape index (κ3) is 4.35. The number of ether oxygens (including phenoxy) is 1. The Morgan fingerprint density at radius 2 is 2.14 bits per heavy atom. The summed E-state index contributed by atoms with van der Waals surface area (Å²) in [5.41, 5.74) is 3.03. The van der Waals surface area contributed by atoms with Gasteiger partial charge in [-0.1, -0.05) is 29.8 Å². The lowest BCUT2D eigenvalue weighted by Gasteiger charge is -2.28. The predicted octanol–water partition coefficient (Wildman–Crippen LogP) is 4.65. The predicted molar refractivity (Wildman–Crippen MR) is 95.0 cm³/mol. The van der Waals surface area contributed by atoms with Gasteiger partial charge < -0.3 is 9.64 Å². The third-order valence-corrected chi connectivity index (χ3v) is 4.31. The Labute approximate surface area is 141 Å². The largest absolute Gasteiger partial charge is 0.466 e. The first kappa shape index (κ1) is 17.1. The van der Waals surface area contributed by atoms with Gasteiger partial charge in [-0.3, -0.25) is 0 Å². The summed E-state index contributed by atoms with van der Waals surface area (Å²) in [6.07, 6.45) is 4.85. The van der Waals surface area contributed by atoms with Crippen molar-refractivity contribution in [2.45, 2.75) is 33.1 Å². The molecule has 0 fully saturated rings. The zero-order chi connectivity index (χ0) is 16.1. The standard InChI is InChI=1S/C18H24BrNO2/c1-13(2)12-20-9-5-4-6-14(18(21)22-3)10-15-11-16(19)7-8-17(15)20/h7-8,10-11,13H,4-6,9,12H2,1-3H3. The van der Waals surface area contributed by atoms with Crippen LogP contribution >= 0.6 is 15.9 Å². The Hall–Kier alpha value is -1.29. The van der Waals surface area contributed by atoms with E-state index in [0.717, 1.165) is 48.0 Å². The first-order chi connectivity index (χ1) is 10.5. The molecule has 0 saturated carbocycles. The van der Waals surface area contributed by atoms with Gasteiger partial charge in [-0.25, -0.2) is 4.79 Å². The molecular weight excluding hydrogens is 342 g/mol. The van der Waals surface area contributed by atoms with Gasteiger partial charge in [0.2, 0.25) is 0 Å². The highest BCUT2D eigenvalue weighted by atomic mass is 79.9. The number of halogens is 1. The molecule has 22 heavy (non-hydrogen) atoms. The minimum Gasteiger partial charge on any atom is -0.466 e. The molecule has 4 heteroatoms. The number of nitrogens with zero attached hydrogens (tertiary/aromatic N) is 1. The number of carbonyl (C=O) groups excluding carboxylic acids is 1. The summed E-state index contributed by atoms with van der Waals surface area (Å²) in [5, 5.41) is 0. The molecule has 0 amide bonds. The normalized spacial score (nSPS) is 15.5. The molecule has 2 rings (SSSR count). The molecule has 3 nitrogen and oxygen atoms in total. The summed E-state index contributed by atoms with van der Waals surface area (Å²) in [7, 11) is 1.45. The fourth-order valence-corrected chi connectivity index (χ4v) is 3.23. The van der Waals surface area contributed by atoms with E-state index < -0.39 is 0 Å². The molecule has 120 valence electrons. The Bertz CT molecular complexity index is 566. The summed E-state index contributed by atoms with van der Waals surface area (Å²) in [6, 6.07) is 6.28. The third-order valence-electron chi connectivity index (χ3n) is 3.82. The molecule has 1 aliphatic rings. The van der Waals surface area contributed by atoms with Crippen LogP contribution in [0.25, 0.3) is 6.08 Å². The molecule has 0 radical (unpaired) electrons. The number of anilines is 1. The van der Waals surface area contributed by atoms with Crippen LogP contribution in [0.15, 0.2) is 28.2 Å². The summed E-state index contributed by atoms with van der Waals surface area (Å²) in [5.74, 6) is 0.379. The molecular formula is C18H24BrNO2. The van der Waals surface area contributed by atoms with Gasteiger partial charge in [-0.2, -0.15) is 0 Å². The maximum absolute atomic E-state index is 12.0. The molecule has 0 saturated heterocycles. The number of hydrogen-bond acceptors (Lipinski definition) is 3. The molecule has 1 aromatic carbocycles. The number of esters is 1. The highest BCUT2D eigenvalue weighted by molar-refractivity contribution is 9.10. The van der Waals surface area contributed by atoms with E-state index in [1.54, 1.807) is 0 Å². The quantitative estimate of drug-likeness (QED) is 0.730. The Morgan fingerprint density at radius 1 is 1.36 bits per heavy atom. The van der Waals surface area contributed by atoms with Crippen molar-refractivity contribution in [1.29, 1.82) is 0 Å². The van der Waals surface area contributed by atoms with Gasteiger partial charge in [0.05, 0.1) is 7.11 Å². The van der Waals surface area contributed by atoms with Crippen LogP contribution in [-0.2, 0) is 9.53 Å².